The molecule has 0 radical (unpaired) electrons. The third kappa shape index (κ3) is 1.50. The van der Waals surface area contributed by atoms with Crippen molar-refractivity contribution in [2.45, 2.75) is 12.8 Å². The van der Waals surface area contributed by atoms with Crippen molar-refractivity contribution in [3.8, 4) is 0 Å². The molecule has 1 fully saturated rings. The van der Waals surface area contributed by atoms with E-state index in [-0.39, 0.29) is 5.78 Å². The van der Waals surface area contributed by atoms with Gasteiger partial charge in [-0.3, -0.25) is 4.79 Å². The van der Waals surface area contributed by atoms with Crippen LogP contribution in [0.3, 0.4) is 0 Å². The minimum Gasteiger partial charge on any atom is -0.380 e. The molecular formula is C14H14O2. The Morgan fingerprint density at radius 3 is 2.81 bits per heavy atom. The lowest BCUT2D eigenvalue weighted by Gasteiger charge is -2.21. The molecule has 1 aromatic rings. The summed E-state index contributed by atoms with van der Waals surface area (Å²) >= 11 is 0. The van der Waals surface area contributed by atoms with Gasteiger partial charge in [0.25, 0.3) is 0 Å². The molecule has 1 aliphatic carbocycles. The molecule has 0 bridgehead atoms. The largest absolute Gasteiger partial charge is 0.380 e. The van der Waals surface area contributed by atoms with Crippen molar-refractivity contribution in [3.63, 3.8) is 0 Å². The molecule has 1 heterocycles. The average Bonchev–Trinajstić information content (AvgIpc) is 2.66. The highest BCUT2D eigenvalue weighted by Crippen LogP contribution is 2.39. The van der Waals surface area contributed by atoms with Crippen molar-refractivity contribution < 1.29 is 9.53 Å². The van der Waals surface area contributed by atoms with Crippen LogP contribution in [0.4, 0.5) is 0 Å². The maximum absolute atomic E-state index is 12.0. The SMILES string of the molecule is O=C1CC2COCCC2=C1c1ccccc1. The Morgan fingerprint density at radius 1 is 1.19 bits per heavy atom. The zero-order valence-electron chi connectivity index (χ0n) is 9.11. The first-order valence-electron chi connectivity index (χ1n) is 5.75. The summed E-state index contributed by atoms with van der Waals surface area (Å²) in [6.07, 6.45) is 1.56. The van der Waals surface area contributed by atoms with Gasteiger partial charge in [-0.15, -0.1) is 0 Å². The van der Waals surface area contributed by atoms with Gasteiger partial charge in [-0.05, 0) is 12.0 Å². The van der Waals surface area contributed by atoms with Crippen molar-refractivity contribution in [1.29, 1.82) is 0 Å². The van der Waals surface area contributed by atoms with Gasteiger partial charge in [0.1, 0.15) is 0 Å². The Bertz CT molecular complexity index is 445. The van der Waals surface area contributed by atoms with Crippen LogP contribution in [0.1, 0.15) is 18.4 Å². The fourth-order valence-electron chi connectivity index (χ4n) is 2.68. The number of carbonyl (C=O) groups is 1. The van der Waals surface area contributed by atoms with E-state index in [4.69, 9.17) is 4.74 Å². The van der Waals surface area contributed by atoms with E-state index in [0.717, 1.165) is 30.8 Å². The van der Waals surface area contributed by atoms with E-state index < -0.39 is 0 Å². The van der Waals surface area contributed by atoms with Gasteiger partial charge in [0.05, 0.1) is 13.2 Å². The molecule has 2 heteroatoms. The predicted molar refractivity (Wildman–Crippen MR) is 61.9 cm³/mol. The van der Waals surface area contributed by atoms with Crippen LogP contribution in [0.5, 0.6) is 0 Å². The summed E-state index contributed by atoms with van der Waals surface area (Å²) in [5.74, 6) is 0.633. The summed E-state index contributed by atoms with van der Waals surface area (Å²) in [7, 11) is 0. The molecule has 0 N–H and O–H groups in total. The van der Waals surface area contributed by atoms with E-state index in [2.05, 4.69) is 0 Å². The zero-order chi connectivity index (χ0) is 11.0. The molecule has 3 rings (SSSR count). The number of rotatable bonds is 1. The summed E-state index contributed by atoms with van der Waals surface area (Å²) in [6, 6.07) is 10.0. The molecule has 1 aromatic carbocycles. The van der Waals surface area contributed by atoms with Gasteiger partial charge in [-0.25, -0.2) is 0 Å². The second kappa shape index (κ2) is 3.87. The van der Waals surface area contributed by atoms with Gasteiger partial charge in [0.15, 0.2) is 5.78 Å². The zero-order valence-corrected chi connectivity index (χ0v) is 9.11. The van der Waals surface area contributed by atoms with Crippen molar-refractivity contribution in [2.24, 2.45) is 5.92 Å². The number of ketones is 1. The van der Waals surface area contributed by atoms with E-state index in [1.165, 1.54) is 5.57 Å². The molecule has 2 aliphatic rings. The highest BCUT2D eigenvalue weighted by Gasteiger charge is 2.34. The molecule has 82 valence electrons. The van der Waals surface area contributed by atoms with Crippen molar-refractivity contribution in [3.05, 3.63) is 41.5 Å². The molecule has 1 aliphatic heterocycles. The Balaban J connectivity index is 2.07. The second-order valence-electron chi connectivity index (χ2n) is 4.42. The highest BCUT2D eigenvalue weighted by molar-refractivity contribution is 6.24. The first-order valence-corrected chi connectivity index (χ1v) is 5.75. The standard InChI is InChI=1S/C14H14O2/c15-13-8-11-9-16-7-6-12(11)14(13)10-4-2-1-3-5-10/h1-5,11H,6-9H2. The molecule has 0 amide bonds. The van der Waals surface area contributed by atoms with Crippen LogP contribution in [0.25, 0.3) is 5.57 Å². The van der Waals surface area contributed by atoms with Crippen LogP contribution in [0, 0.1) is 5.92 Å². The van der Waals surface area contributed by atoms with Crippen molar-refractivity contribution >= 4 is 11.4 Å². The lowest BCUT2D eigenvalue weighted by Crippen LogP contribution is -2.17. The smallest absolute Gasteiger partial charge is 0.164 e. The normalized spacial score (nSPS) is 24.8. The number of ether oxygens (including phenoxy) is 1. The number of carbonyl (C=O) groups excluding carboxylic acids is 1. The highest BCUT2D eigenvalue weighted by atomic mass is 16.5. The van der Waals surface area contributed by atoms with Crippen LogP contribution in [0.15, 0.2) is 35.9 Å². The minimum atomic E-state index is 0.289. The van der Waals surface area contributed by atoms with Crippen LogP contribution >= 0.6 is 0 Å². The minimum absolute atomic E-state index is 0.289. The van der Waals surface area contributed by atoms with Gasteiger partial charge in [0.2, 0.25) is 0 Å². The topological polar surface area (TPSA) is 26.3 Å². The third-order valence-electron chi connectivity index (χ3n) is 3.42. The fraction of sp³-hybridized carbons (Fsp3) is 0.357. The van der Waals surface area contributed by atoms with Crippen LogP contribution in [-0.2, 0) is 9.53 Å². The Kier molecular flexibility index (Phi) is 2.37. The Labute approximate surface area is 94.9 Å². The monoisotopic (exact) mass is 214 g/mol. The number of hydrogen-bond donors (Lipinski definition) is 0. The number of allylic oxidation sites excluding steroid dienone is 1. The molecule has 2 nitrogen and oxygen atoms in total. The second-order valence-corrected chi connectivity index (χ2v) is 4.42. The first-order chi connectivity index (χ1) is 7.86. The average molecular weight is 214 g/mol. The number of Topliss-reactive ketones (excluding diaryl/α,β-unsaturated/α-hetero) is 1. The summed E-state index contributed by atoms with van der Waals surface area (Å²) in [4.78, 5) is 12.0. The lowest BCUT2D eigenvalue weighted by atomic mass is 9.94. The summed E-state index contributed by atoms with van der Waals surface area (Å²) in [5.41, 5.74) is 3.36. The van der Waals surface area contributed by atoms with Gasteiger partial charge in [-0.1, -0.05) is 35.9 Å². The fourth-order valence-corrected chi connectivity index (χ4v) is 2.68. The maximum Gasteiger partial charge on any atom is 0.164 e. The first kappa shape index (κ1) is 9.79. The summed E-state index contributed by atoms with van der Waals surface area (Å²) in [6.45, 7) is 1.48. The van der Waals surface area contributed by atoms with E-state index in [1.807, 2.05) is 30.3 Å². The quantitative estimate of drug-likeness (QED) is 0.717. The van der Waals surface area contributed by atoms with E-state index in [9.17, 15) is 4.79 Å². The molecule has 16 heavy (non-hydrogen) atoms. The number of fused-ring (bicyclic) bond motifs is 1. The molecule has 0 spiro atoms. The van der Waals surface area contributed by atoms with Crippen molar-refractivity contribution in [1.82, 2.24) is 0 Å². The van der Waals surface area contributed by atoms with E-state index in [1.54, 1.807) is 0 Å². The lowest BCUT2D eigenvalue weighted by molar-refractivity contribution is -0.114. The van der Waals surface area contributed by atoms with Gasteiger partial charge in [-0.2, -0.15) is 0 Å². The predicted octanol–water partition coefficient (Wildman–Crippen LogP) is 2.45. The van der Waals surface area contributed by atoms with E-state index >= 15 is 0 Å². The third-order valence-corrected chi connectivity index (χ3v) is 3.42. The molecule has 1 unspecified atom stereocenters. The van der Waals surface area contributed by atoms with Crippen LogP contribution in [0.2, 0.25) is 0 Å². The molecule has 0 saturated carbocycles. The number of hydrogen-bond acceptors (Lipinski definition) is 2. The Morgan fingerprint density at radius 2 is 2.00 bits per heavy atom. The van der Waals surface area contributed by atoms with Crippen LogP contribution in [-0.4, -0.2) is 19.0 Å². The summed E-state index contributed by atoms with van der Waals surface area (Å²) in [5, 5.41) is 0. The van der Waals surface area contributed by atoms with Crippen molar-refractivity contribution in [2.75, 3.05) is 13.2 Å². The van der Waals surface area contributed by atoms with Crippen LogP contribution < -0.4 is 0 Å². The van der Waals surface area contributed by atoms with Gasteiger partial charge >= 0.3 is 0 Å². The molecule has 0 aromatic heterocycles. The Hall–Kier alpha value is -1.41. The molecular weight excluding hydrogens is 200 g/mol. The molecule has 1 atom stereocenters. The van der Waals surface area contributed by atoms with Gasteiger partial charge < -0.3 is 4.74 Å². The van der Waals surface area contributed by atoms with Gasteiger partial charge in [0, 0.05) is 17.9 Å². The summed E-state index contributed by atoms with van der Waals surface area (Å²) < 4.78 is 5.43. The van der Waals surface area contributed by atoms with E-state index in [0.29, 0.717) is 12.3 Å². The molecule has 1 saturated heterocycles. The maximum atomic E-state index is 12.0. The number of benzene rings is 1.